The largest absolute Gasteiger partial charge is 0.449 e. The molecule has 1 fully saturated rings. The molecule has 2 aromatic rings. The molecule has 0 bridgehead atoms. The molecule has 2 aromatic carbocycles. The molecular formula is C21H22N2O4. The van der Waals surface area contributed by atoms with Gasteiger partial charge in [0.05, 0.1) is 5.56 Å². The highest BCUT2D eigenvalue weighted by atomic mass is 16.5. The number of hydrogen-bond donors (Lipinski definition) is 1. The molecule has 0 spiro atoms. The minimum atomic E-state index is -0.949. The van der Waals surface area contributed by atoms with Crippen LogP contribution in [0.4, 0.5) is 11.4 Å². The van der Waals surface area contributed by atoms with Crippen LogP contribution < -0.4 is 10.2 Å². The molecule has 6 nitrogen and oxygen atoms in total. The smallest absolute Gasteiger partial charge is 0.338 e. The molecule has 1 heterocycles. The number of nitrogens with one attached hydrogen (secondary N) is 1. The normalized spacial score (nSPS) is 14.7. The van der Waals surface area contributed by atoms with E-state index in [0.717, 1.165) is 12.0 Å². The fraction of sp³-hybridized carbons (Fsp3) is 0.286. The number of carbonyl (C=O) groups excluding carboxylic acids is 3. The third-order valence-corrected chi connectivity index (χ3v) is 4.41. The van der Waals surface area contributed by atoms with Gasteiger partial charge in [0.1, 0.15) is 0 Å². The van der Waals surface area contributed by atoms with E-state index < -0.39 is 18.0 Å². The zero-order valence-corrected chi connectivity index (χ0v) is 15.4. The number of rotatable bonds is 5. The number of nitrogens with zero attached hydrogens (tertiary/aromatic N) is 1. The standard InChI is InChI=1S/C21H22N2O4/c1-14-6-3-8-17(12-14)22-20(25)15(2)27-21(26)16-7-4-9-18(13-16)23-11-5-10-19(23)24/h3-4,6-9,12-13,15H,5,10-11H2,1-2H3,(H,22,25)/t15-/m1/s1. The number of benzene rings is 2. The lowest BCUT2D eigenvalue weighted by molar-refractivity contribution is -0.123. The summed E-state index contributed by atoms with van der Waals surface area (Å²) in [6.45, 7) is 4.10. The maximum absolute atomic E-state index is 12.4. The maximum Gasteiger partial charge on any atom is 0.338 e. The Morgan fingerprint density at radius 3 is 2.63 bits per heavy atom. The first-order valence-corrected chi connectivity index (χ1v) is 8.93. The highest BCUT2D eigenvalue weighted by Gasteiger charge is 2.23. The van der Waals surface area contributed by atoms with Gasteiger partial charge in [-0.15, -0.1) is 0 Å². The average Bonchev–Trinajstić information content (AvgIpc) is 3.07. The monoisotopic (exact) mass is 366 g/mol. The summed E-state index contributed by atoms with van der Waals surface area (Å²) in [6, 6.07) is 14.1. The van der Waals surface area contributed by atoms with Gasteiger partial charge in [-0.3, -0.25) is 9.59 Å². The number of anilines is 2. The number of ether oxygens (including phenoxy) is 1. The van der Waals surface area contributed by atoms with Gasteiger partial charge < -0.3 is 15.0 Å². The molecule has 1 saturated heterocycles. The summed E-state index contributed by atoms with van der Waals surface area (Å²) in [7, 11) is 0. The van der Waals surface area contributed by atoms with E-state index in [1.165, 1.54) is 6.92 Å². The van der Waals surface area contributed by atoms with Gasteiger partial charge in [-0.2, -0.15) is 0 Å². The predicted molar refractivity (Wildman–Crippen MR) is 103 cm³/mol. The first-order chi connectivity index (χ1) is 12.9. The van der Waals surface area contributed by atoms with Crippen LogP contribution in [-0.4, -0.2) is 30.4 Å². The summed E-state index contributed by atoms with van der Waals surface area (Å²) in [5.74, 6) is -0.957. The Bertz CT molecular complexity index is 878. The molecule has 0 unspecified atom stereocenters. The first-order valence-electron chi connectivity index (χ1n) is 8.93. The van der Waals surface area contributed by atoms with Crippen molar-refractivity contribution in [2.75, 3.05) is 16.8 Å². The van der Waals surface area contributed by atoms with Crippen LogP contribution in [0.1, 0.15) is 35.7 Å². The SMILES string of the molecule is Cc1cccc(NC(=O)[C@@H](C)OC(=O)c2cccc(N3CCCC3=O)c2)c1. The maximum atomic E-state index is 12.4. The molecule has 1 aliphatic heterocycles. The van der Waals surface area contributed by atoms with Crippen LogP contribution in [0.2, 0.25) is 0 Å². The van der Waals surface area contributed by atoms with Crippen LogP contribution in [0.5, 0.6) is 0 Å². The lowest BCUT2D eigenvalue weighted by Crippen LogP contribution is -2.30. The van der Waals surface area contributed by atoms with Gasteiger partial charge in [-0.05, 0) is 56.2 Å². The molecular weight excluding hydrogens is 344 g/mol. The van der Waals surface area contributed by atoms with Gasteiger partial charge in [0, 0.05) is 24.3 Å². The van der Waals surface area contributed by atoms with Crippen LogP contribution >= 0.6 is 0 Å². The Hall–Kier alpha value is -3.15. The minimum Gasteiger partial charge on any atom is -0.449 e. The Morgan fingerprint density at radius 1 is 1.15 bits per heavy atom. The van der Waals surface area contributed by atoms with Crippen LogP contribution in [0.3, 0.4) is 0 Å². The second kappa shape index (κ2) is 8.03. The van der Waals surface area contributed by atoms with E-state index in [-0.39, 0.29) is 5.91 Å². The van der Waals surface area contributed by atoms with Crippen molar-refractivity contribution in [2.45, 2.75) is 32.8 Å². The molecule has 2 amide bonds. The van der Waals surface area contributed by atoms with E-state index in [1.807, 2.05) is 25.1 Å². The van der Waals surface area contributed by atoms with Gasteiger partial charge in [0.15, 0.2) is 6.10 Å². The lowest BCUT2D eigenvalue weighted by atomic mass is 10.2. The number of esters is 1. The zero-order valence-electron chi connectivity index (χ0n) is 15.4. The van der Waals surface area contributed by atoms with Gasteiger partial charge in [-0.1, -0.05) is 18.2 Å². The second-order valence-corrected chi connectivity index (χ2v) is 6.61. The predicted octanol–water partition coefficient (Wildman–Crippen LogP) is 3.31. The summed E-state index contributed by atoms with van der Waals surface area (Å²) >= 11 is 0. The quantitative estimate of drug-likeness (QED) is 0.824. The third-order valence-electron chi connectivity index (χ3n) is 4.41. The van der Waals surface area contributed by atoms with Crippen molar-refractivity contribution in [3.8, 4) is 0 Å². The van der Waals surface area contributed by atoms with Crippen molar-refractivity contribution >= 4 is 29.2 Å². The fourth-order valence-electron chi connectivity index (χ4n) is 2.97. The molecule has 140 valence electrons. The summed E-state index contributed by atoms with van der Waals surface area (Å²) in [4.78, 5) is 38.2. The molecule has 0 radical (unpaired) electrons. The highest BCUT2D eigenvalue weighted by molar-refractivity contribution is 5.99. The number of carbonyl (C=O) groups is 3. The fourth-order valence-corrected chi connectivity index (χ4v) is 2.97. The van der Waals surface area contributed by atoms with Gasteiger partial charge in [0.2, 0.25) is 5.91 Å². The van der Waals surface area contributed by atoms with Crippen molar-refractivity contribution in [3.63, 3.8) is 0 Å². The number of amides is 2. The summed E-state index contributed by atoms with van der Waals surface area (Å²) in [5.41, 5.74) is 2.65. The molecule has 3 rings (SSSR count). The molecule has 0 saturated carbocycles. The van der Waals surface area contributed by atoms with Crippen molar-refractivity contribution in [3.05, 3.63) is 59.7 Å². The van der Waals surface area contributed by atoms with E-state index in [4.69, 9.17) is 4.74 Å². The Balaban J connectivity index is 1.64. The first kappa shape index (κ1) is 18.6. The Labute approximate surface area is 158 Å². The molecule has 1 N–H and O–H groups in total. The van der Waals surface area contributed by atoms with Crippen molar-refractivity contribution in [1.82, 2.24) is 0 Å². The van der Waals surface area contributed by atoms with Crippen molar-refractivity contribution in [1.29, 1.82) is 0 Å². The van der Waals surface area contributed by atoms with Crippen LogP contribution in [0.15, 0.2) is 48.5 Å². The lowest BCUT2D eigenvalue weighted by Gasteiger charge is -2.17. The molecule has 0 aliphatic carbocycles. The summed E-state index contributed by atoms with van der Waals surface area (Å²) in [6.07, 6.45) is 0.379. The van der Waals surface area contributed by atoms with Gasteiger partial charge >= 0.3 is 5.97 Å². The Morgan fingerprint density at radius 2 is 1.93 bits per heavy atom. The topological polar surface area (TPSA) is 75.7 Å². The Kier molecular flexibility index (Phi) is 5.54. The van der Waals surface area contributed by atoms with Gasteiger partial charge in [-0.25, -0.2) is 4.79 Å². The summed E-state index contributed by atoms with van der Waals surface area (Å²) in [5, 5.41) is 2.73. The van der Waals surface area contributed by atoms with E-state index >= 15 is 0 Å². The molecule has 1 aliphatic rings. The van der Waals surface area contributed by atoms with Crippen molar-refractivity contribution < 1.29 is 19.1 Å². The van der Waals surface area contributed by atoms with E-state index in [2.05, 4.69) is 5.32 Å². The highest BCUT2D eigenvalue weighted by Crippen LogP contribution is 2.22. The van der Waals surface area contributed by atoms with Gasteiger partial charge in [0.25, 0.3) is 5.91 Å². The van der Waals surface area contributed by atoms with Crippen LogP contribution in [-0.2, 0) is 14.3 Å². The van der Waals surface area contributed by atoms with E-state index in [9.17, 15) is 14.4 Å². The van der Waals surface area contributed by atoms with Crippen LogP contribution in [0, 0.1) is 6.92 Å². The molecule has 6 heteroatoms. The van der Waals surface area contributed by atoms with E-state index in [0.29, 0.717) is 29.9 Å². The number of aryl methyl sites for hydroxylation is 1. The number of hydrogen-bond acceptors (Lipinski definition) is 4. The van der Waals surface area contributed by atoms with Crippen molar-refractivity contribution in [2.24, 2.45) is 0 Å². The van der Waals surface area contributed by atoms with E-state index in [1.54, 1.807) is 35.2 Å². The second-order valence-electron chi connectivity index (χ2n) is 6.61. The van der Waals surface area contributed by atoms with Crippen LogP contribution in [0.25, 0.3) is 0 Å². The molecule has 0 aromatic heterocycles. The zero-order chi connectivity index (χ0) is 19.4. The molecule has 27 heavy (non-hydrogen) atoms. The third kappa shape index (κ3) is 4.53. The minimum absolute atomic E-state index is 0.0476. The molecule has 1 atom stereocenters. The average molecular weight is 366 g/mol. The summed E-state index contributed by atoms with van der Waals surface area (Å²) < 4.78 is 5.29.